The molecule has 1 aliphatic heterocycles. The van der Waals surface area contributed by atoms with Gasteiger partial charge < -0.3 is 19.9 Å². The summed E-state index contributed by atoms with van der Waals surface area (Å²) in [4.78, 5) is 11.8. The molecular weight excluding hydrogens is 258 g/mol. The van der Waals surface area contributed by atoms with Crippen molar-refractivity contribution in [3.63, 3.8) is 0 Å². The molecule has 2 atom stereocenters. The Hall–Kier alpha value is -1.59. The Morgan fingerprint density at radius 2 is 2.25 bits per heavy atom. The topological polar surface area (TPSA) is 67.8 Å². The lowest BCUT2D eigenvalue weighted by Gasteiger charge is -2.28. The van der Waals surface area contributed by atoms with Crippen molar-refractivity contribution in [2.45, 2.75) is 32.4 Å². The molecule has 2 N–H and O–H groups in total. The van der Waals surface area contributed by atoms with Crippen molar-refractivity contribution in [1.29, 1.82) is 0 Å². The van der Waals surface area contributed by atoms with Crippen LogP contribution in [0.25, 0.3) is 0 Å². The quantitative estimate of drug-likeness (QED) is 0.861. The van der Waals surface area contributed by atoms with E-state index in [4.69, 9.17) is 9.47 Å². The highest BCUT2D eigenvalue weighted by atomic mass is 16.5. The number of carbonyl (C=O) groups is 1. The first-order chi connectivity index (χ1) is 9.56. The average molecular weight is 279 g/mol. The number of hydrogen-bond donors (Lipinski definition) is 2. The Morgan fingerprint density at radius 1 is 1.45 bits per heavy atom. The minimum Gasteiger partial charge on any atom is -0.484 e. The van der Waals surface area contributed by atoms with Gasteiger partial charge in [0, 0.05) is 6.61 Å². The molecule has 2 rings (SSSR count). The number of nitrogens with one attached hydrogen (secondary N) is 1. The SMILES string of the molecule is Cc1ccc(OCC(=O)N[C@@H]2CCOC[C@H]2O)cc1C. The molecule has 110 valence electrons. The van der Waals surface area contributed by atoms with Gasteiger partial charge in [0.05, 0.1) is 18.8 Å². The summed E-state index contributed by atoms with van der Waals surface area (Å²) in [5.41, 5.74) is 2.31. The fraction of sp³-hybridized carbons (Fsp3) is 0.533. The number of aryl methyl sites for hydroxylation is 2. The molecule has 1 saturated heterocycles. The van der Waals surface area contributed by atoms with Gasteiger partial charge in [-0.1, -0.05) is 6.07 Å². The number of benzene rings is 1. The summed E-state index contributed by atoms with van der Waals surface area (Å²) >= 11 is 0. The van der Waals surface area contributed by atoms with Gasteiger partial charge in [-0.3, -0.25) is 4.79 Å². The molecule has 1 aromatic rings. The van der Waals surface area contributed by atoms with Gasteiger partial charge in [0.1, 0.15) is 5.75 Å². The van der Waals surface area contributed by atoms with E-state index in [1.807, 2.05) is 32.0 Å². The molecule has 1 aliphatic rings. The largest absolute Gasteiger partial charge is 0.484 e. The van der Waals surface area contributed by atoms with Gasteiger partial charge in [0.15, 0.2) is 6.61 Å². The van der Waals surface area contributed by atoms with Crippen LogP contribution in [-0.4, -0.2) is 43.0 Å². The zero-order valence-electron chi connectivity index (χ0n) is 11.9. The smallest absolute Gasteiger partial charge is 0.258 e. The Balaban J connectivity index is 1.81. The fourth-order valence-electron chi connectivity index (χ4n) is 2.09. The van der Waals surface area contributed by atoms with Crippen LogP contribution in [0.5, 0.6) is 5.75 Å². The third-order valence-corrected chi connectivity index (χ3v) is 3.52. The van der Waals surface area contributed by atoms with Crippen LogP contribution >= 0.6 is 0 Å². The molecule has 1 amide bonds. The Labute approximate surface area is 118 Å². The third-order valence-electron chi connectivity index (χ3n) is 3.52. The van der Waals surface area contributed by atoms with Gasteiger partial charge in [-0.05, 0) is 43.5 Å². The number of amides is 1. The maximum absolute atomic E-state index is 11.8. The fourth-order valence-corrected chi connectivity index (χ4v) is 2.09. The summed E-state index contributed by atoms with van der Waals surface area (Å²) in [5.74, 6) is 0.449. The van der Waals surface area contributed by atoms with Crippen LogP contribution in [0.15, 0.2) is 18.2 Å². The predicted octanol–water partition coefficient (Wildman–Crippen LogP) is 0.948. The molecule has 0 bridgehead atoms. The monoisotopic (exact) mass is 279 g/mol. The van der Waals surface area contributed by atoms with E-state index in [-0.39, 0.29) is 25.2 Å². The molecule has 0 radical (unpaired) electrons. The van der Waals surface area contributed by atoms with E-state index in [0.29, 0.717) is 18.8 Å². The van der Waals surface area contributed by atoms with E-state index in [2.05, 4.69) is 5.32 Å². The van der Waals surface area contributed by atoms with Crippen LogP contribution in [0.2, 0.25) is 0 Å². The summed E-state index contributed by atoms with van der Waals surface area (Å²) < 4.78 is 10.6. The number of hydrogen-bond acceptors (Lipinski definition) is 4. The molecule has 0 aliphatic carbocycles. The normalized spacial score (nSPS) is 22.4. The van der Waals surface area contributed by atoms with Crippen LogP contribution in [0.3, 0.4) is 0 Å². The average Bonchev–Trinajstić information content (AvgIpc) is 2.43. The summed E-state index contributed by atoms with van der Waals surface area (Å²) in [7, 11) is 0. The Morgan fingerprint density at radius 3 is 2.95 bits per heavy atom. The summed E-state index contributed by atoms with van der Waals surface area (Å²) in [5, 5.41) is 12.5. The molecule has 5 heteroatoms. The molecular formula is C15H21NO4. The van der Waals surface area contributed by atoms with E-state index in [9.17, 15) is 9.90 Å². The molecule has 1 heterocycles. The minimum atomic E-state index is -0.644. The maximum atomic E-state index is 11.8. The minimum absolute atomic E-state index is 0.0490. The summed E-state index contributed by atoms with van der Waals surface area (Å²) in [6, 6.07) is 5.47. The number of aliphatic hydroxyl groups is 1. The van der Waals surface area contributed by atoms with Crippen molar-refractivity contribution in [1.82, 2.24) is 5.32 Å². The second kappa shape index (κ2) is 6.72. The molecule has 5 nitrogen and oxygen atoms in total. The van der Waals surface area contributed by atoms with Crippen molar-refractivity contribution in [3.8, 4) is 5.75 Å². The number of ether oxygens (including phenoxy) is 2. The van der Waals surface area contributed by atoms with Gasteiger partial charge in [0.25, 0.3) is 5.91 Å². The summed E-state index contributed by atoms with van der Waals surface area (Å²) in [6.45, 7) is 4.80. The van der Waals surface area contributed by atoms with Crippen molar-refractivity contribution in [3.05, 3.63) is 29.3 Å². The number of rotatable bonds is 4. The van der Waals surface area contributed by atoms with Crippen LogP contribution in [-0.2, 0) is 9.53 Å². The number of carbonyl (C=O) groups excluding carboxylic acids is 1. The second-order valence-electron chi connectivity index (χ2n) is 5.14. The Kier molecular flexibility index (Phi) is 4.98. The van der Waals surface area contributed by atoms with Gasteiger partial charge in [-0.2, -0.15) is 0 Å². The first-order valence-electron chi connectivity index (χ1n) is 6.81. The maximum Gasteiger partial charge on any atom is 0.258 e. The lowest BCUT2D eigenvalue weighted by atomic mass is 10.1. The van der Waals surface area contributed by atoms with Crippen LogP contribution in [0.1, 0.15) is 17.5 Å². The predicted molar refractivity (Wildman–Crippen MR) is 74.8 cm³/mol. The molecule has 0 spiro atoms. The van der Waals surface area contributed by atoms with Crippen molar-refractivity contribution in [2.24, 2.45) is 0 Å². The van der Waals surface area contributed by atoms with Gasteiger partial charge in [-0.25, -0.2) is 0 Å². The molecule has 0 unspecified atom stereocenters. The van der Waals surface area contributed by atoms with Crippen molar-refractivity contribution >= 4 is 5.91 Å². The first kappa shape index (κ1) is 14.8. The van der Waals surface area contributed by atoms with E-state index < -0.39 is 6.10 Å². The van der Waals surface area contributed by atoms with Crippen molar-refractivity contribution in [2.75, 3.05) is 19.8 Å². The third kappa shape index (κ3) is 3.95. The Bertz CT molecular complexity index is 475. The highest BCUT2D eigenvalue weighted by Gasteiger charge is 2.25. The van der Waals surface area contributed by atoms with E-state index in [1.54, 1.807) is 0 Å². The van der Waals surface area contributed by atoms with Crippen LogP contribution in [0, 0.1) is 13.8 Å². The zero-order valence-corrected chi connectivity index (χ0v) is 11.9. The van der Waals surface area contributed by atoms with Gasteiger partial charge in [-0.15, -0.1) is 0 Å². The molecule has 0 aromatic heterocycles. The zero-order chi connectivity index (χ0) is 14.5. The molecule has 0 saturated carbocycles. The first-order valence-corrected chi connectivity index (χ1v) is 6.81. The molecule has 1 aromatic carbocycles. The van der Waals surface area contributed by atoms with Crippen molar-refractivity contribution < 1.29 is 19.4 Å². The van der Waals surface area contributed by atoms with Gasteiger partial charge in [0.2, 0.25) is 0 Å². The highest BCUT2D eigenvalue weighted by Crippen LogP contribution is 2.16. The highest BCUT2D eigenvalue weighted by molar-refractivity contribution is 5.77. The lowest BCUT2D eigenvalue weighted by molar-refractivity contribution is -0.126. The number of aliphatic hydroxyl groups excluding tert-OH is 1. The van der Waals surface area contributed by atoms with E-state index in [1.165, 1.54) is 5.56 Å². The van der Waals surface area contributed by atoms with Gasteiger partial charge >= 0.3 is 0 Å². The lowest BCUT2D eigenvalue weighted by Crippen LogP contribution is -2.49. The van der Waals surface area contributed by atoms with Crippen LogP contribution in [0.4, 0.5) is 0 Å². The van der Waals surface area contributed by atoms with E-state index in [0.717, 1.165) is 5.56 Å². The molecule has 20 heavy (non-hydrogen) atoms. The standard InChI is InChI=1S/C15H21NO4/c1-10-3-4-12(7-11(10)2)20-9-15(18)16-13-5-6-19-8-14(13)17/h3-4,7,13-14,17H,5-6,8-9H2,1-2H3,(H,16,18)/t13-,14-/m1/s1. The van der Waals surface area contributed by atoms with Crippen LogP contribution < -0.4 is 10.1 Å². The molecule has 1 fully saturated rings. The van der Waals surface area contributed by atoms with E-state index >= 15 is 0 Å². The second-order valence-corrected chi connectivity index (χ2v) is 5.14. The summed E-state index contributed by atoms with van der Waals surface area (Å²) in [6.07, 6.45) is -0.0226.